The van der Waals surface area contributed by atoms with Crippen LogP contribution in [0.5, 0.6) is 0 Å². The lowest BCUT2D eigenvalue weighted by Crippen LogP contribution is -2.15. The van der Waals surface area contributed by atoms with Gasteiger partial charge in [0.2, 0.25) is 0 Å². The second-order valence-electron chi connectivity index (χ2n) is 5.92. The predicted octanol–water partition coefficient (Wildman–Crippen LogP) is 4.22. The topological polar surface area (TPSA) is 93.2 Å². The molecule has 1 amide bonds. The van der Waals surface area contributed by atoms with Crippen LogP contribution in [0.3, 0.4) is 0 Å². The molecule has 0 spiro atoms. The molecule has 0 aliphatic rings. The average molecular weight is 397 g/mol. The summed E-state index contributed by atoms with van der Waals surface area (Å²) in [5, 5.41) is 14.3. The van der Waals surface area contributed by atoms with Crippen molar-refractivity contribution in [2.45, 2.75) is 6.92 Å². The van der Waals surface area contributed by atoms with E-state index in [-0.39, 0.29) is 5.69 Å². The zero-order valence-corrected chi connectivity index (χ0v) is 15.9. The summed E-state index contributed by atoms with van der Waals surface area (Å²) in [5.74, 6) is -0.453. The monoisotopic (exact) mass is 396 g/mol. The van der Waals surface area contributed by atoms with E-state index in [2.05, 4.69) is 25.6 Å². The fourth-order valence-electron chi connectivity index (χ4n) is 2.38. The number of aryl methyl sites for hydroxylation is 1. The molecule has 3 rings (SSSR count). The molecule has 2 aromatic carbocycles. The van der Waals surface area contributed by atoms with Gasteiger partial charge < -0.3 is 15.4 Å². The first-order chi connectivity index (χ1) is 13.5. The van der Waals surface area contributed by atoms with Crippen LogP contribution < -0.4 is 10.6 Å². The molecule has 3 aromatic rings. The van der Waals surface area contributed by atoms with Gasteiger partial charge in [0.05, 0.1) is 12.7 Å². The maximum absolute atomic E-state index is 12.3. The Morgan fingerprint density at radius 3 is 2.50 bits per heavy atom. The highest BCUT2D eigenvalue weighted by Crippen LogP contribution is 2.22. The van der Waals surface area contributed by atoms with Gasteiger partial charge in [0.15, 0.2) is 11.5 Å². The zero-order chi connectivity index (χ0) is 20.1. The van der Waals surface area contributed by atoms with Crippen molar-refractivity contribution < 1.29 is 14.3 Å². The third kappa shape index (κ3) is 4.63. The number of anilines is 3. The van der Waals surface area contributed by atoms with E-state index in [9.17, 15) is 9.59 Å². The Bertz CT molecular complexity index is 1020. The minimum Gasteiger partial charge on any atom is -0.465 e. The number of nitrogens with one attached hydrogen (secondary N) is 2. The summed E-state index contributed by atoms with van der Waals surface area (Å²) in [6.07, 6.45) is 0. The van der Waals surface area contributed by atoms with Crippen molar-refractivity contribution in [2.24, 2.45) is 0 Å². The fourth-order valence-corrected chi connectivity index (χ4v) is 2.56. The number of esters is 1. The molecule has 0 atom stereocenters. The maximum atomic E-state index is 12.3. The highest BCUT2D eigenvalue weighted by Gasteiger charge is 2.11. The number of hydrogen-bond acceptors (Lipinski definition) is 6. The number of ether oxygens (including phenoxy) is 1. The van der Waals surface area contributed by atoms with E-state index in [0.717, 1.165) is 11.3 Å². The quantitative estimate of drug-likeness (QED) is 0.627. The number of carbonyl (C=O) groups excluding carboxylic acids is 2. The number of halogens is 1. The summed E-state index contributed by atoms with van der Waals surface area (Å²) in [7, 11) is 1.29. The lowest BCUT2D eigenvalue weighted by Gasteiger charge is -2.08. The SMILES string of the molecule is COC(=O)c1cccc(NC(=O)c2ccc(Nc3ccc(C)c(Cl)c3)nn2)c1. The van der Waals surface area contributed by atoms with Gasteiger partial charge in [-0.15, -0.1) is 10.2 Å². The molecule has 0 unspecified atom stereocenters. The third-order valence-corrected chi connectivity index (χ3v) is 4.29. The Morgan fingerprint density at radius 2 is 1.82 bits per heavy atom. The molecule has 0 aliphatic carbocycles. The molecular formula is C20H17ClN4O3. The minimum absolute atomic E-state index is 0.135. The predicted molar refractivity (Wildman–Crippen MR) is 107 cm³/mol. The van der Waals surface area contributed by atoms with Crippen LogP contribution >= 0.6 is 11.6 Å². The molecule has 0 saturated carbocycles. The number of rotatable bonds is 5. The molecule has 28 heavy (non-hydrogen) atoms. The van der Waals surface area contributed by atoms with Crippen LogP contribution in [0.1, 0.15) is 26.4 Å². The number of methoxy groups -OCH3 is 1. The van der Waals surface area contributed by atoms with Crippen LogP contribution in [-0.2, 0) is 4.74 Å². The second-order valence-corrected chi connectivity index (χ2v) is 6.33. The van der Waals surface area contributed by atoms with Crippen LogP contribution in [0.4, 0.5) is 17.2 Å². The van der Waals surface area contributed by atoms with Crippen molar-refractivity contribution in [1.82, 2.24) is 10.2 Å². The molecule has 0 saturated heterocycles. The molecule has 1 aromatic heterocycles. The molecule has 0 aliphatic heterocycles. The number of carbonyl (C=O) groups is 2. The Labute approximate surface area is 166 Å². The van der Waals surface area contributed by atoms with E-state index < -0.39 is 11.9 Å². The number of amides is 1. The molecular weight excluding hydrogens is 380 g/mol. The van der Waals surface area contributed by atoms with Crippen LogP contribution in [-0.4, -0.2) is 29.2 Å². The average Bonchev–Trinajstić information content (AvgIpc) is 2.71. The Morgan fingerprint density at radius 1 is 1.00 bits per heavy atom. The van der Waals surface area contributed by atoms with Gasteiger partial charge in [-0.05, 0) is 55.0 Å². The standard InChI is InChI=1S/C20H17ClN4O3/c1-12-6-7-15(11-16(12)21)22-18-9-8-17(24-25-18)19(26)23-14-5-3-4-13(10-14)20(27)28-2/h3-11H,1-2H3,(H,22,25)(H,23,26). The van der Waals surface area contributed by atoms with Crippen molar-refractivity contribution in [3.63, 3.8) is 0 Å². The summed E-state index contributed by atoms with van der Waals surface area (Å²) in [6, 6.07) is 15.2. The van der Waals surface area contributed by atoms with E-state index in [4.69, 9.17) is 11.6 Å². The van der Waals surface area contributed by atoms with Gasteiger partial charge in [-0.25, -0.2) is 4.79 Å². The van der Waals surface area contributed by atoms with Crippen molar-refractivity contribution >= 4 is 40.7 Å². The number of nitrogens with zero attached hydrogens (tertiary/aromatic N) is 2. The molecule has 1 heterocycles. The Hall–Kier alpha value is -3.45. The Kier molecular flexibility index (Phi) is 5.86. The number of hydrogen-bond donors (Lipinski definition) is 2. The molecule has 8 heteroatoms. The number of aromatic nitrogens is 2. The fraction of sp³-hybridized carbons (Fsp3) is 0.100. The molecule has 0 fully saturated rings. The third-order valence-electron chi connectivity index (χ3n) is 3.88. The molecule has 0 radical (unpaired) electrons. The van der Waals surface area contributed by atoms with Crippen molar-refractivity contribution in [2.75, 3.05) is 17.7 Å². The van der Waals surface area contributed by atoms with Crippen LogP contribution in [0.25, 0.3) is 0 Å². The normalized spacial score (nSPS) is 10.2. The van der Waals surface area contributed by atoms with E-state index in [1.165, 1.54) is 13.2 Å². The van der Waals surface area contributed by atoms with Crippen LogP contribution in [0.15, 0.2) is 54.6 Å². The van der Waals surface area contributed by atoms with Gasteiger partial charge in [0.25, 0.3) is 5.91 Å². The molecule has 2 N–H and O–H groups in total. The largest absolute Gasteiger partial charge is 0.465 e. The van der Waals surface area contributed by atoms with Crippen LogP contribution in [0, 0.1) is 6.92 Å². The summed E-state index contributed by atoms with van der Waals surface area (Å²) in [5.41, 5.74) is 2.66. The molecule has 142 valence electrons. The summed E-state index contributed by atoms with van der Waals surface area (Å²) in [6.45, 7) is 1.92. The van der Waals surface area contributed by atoms with Crippen LogP contribution in [0.2, 0.25) is 5.02 Å². The molecule has 7 nitrogen and oxygen atoms in total. The highest BCUT2D eigenvalue weighted by molar-refractivity contribution is 6.31. The Balaban J connectivity index is 1.68. The van der Waals surface area contributed by atoms with Gasteiger partial charge in [-0.1, -0.05) is 23.7 Å². The zero-order valence-electron chi connectivity index (χ0n) is 15.2. The first-order valence-electron chi connectivity index (χ1n) is 8.33. The van der Waals surface area contributed by atoms with Gasteiger partial charge in [0, 0.05) is 16.4 Å². The van der Waals surface area contributed by atoms with Gasteiger partial charge >= 0.3 is 5.97 Å². The summed E-state index contributed by atoms with van der Waals surface area (Å²) in [4.78, 5) is 23.9. The van der Waals surface area contributed by atoms with E-state index in [0.29, 0.717) is 22.1 Å². The summed E-state index contributed by atoms with van der Waals surface area (Å²) < 4.78 is 4.67. The van der Waals surface area contributed by atoms with Gasteiger partial charge in [-0.3, -0.25) is 4.79 Å². The van der Waals surface area contributed by atoms with Crippen molar-refractivity contribution in [3.8, 4) is 0 Å². The van der Waals surface area contributed by atoms with E-state index in [1.54, 1.807) is 36.4 Å². The molecule has 0 bridgehead atoms. The van der Waals surface area contributed by atoms with Crippen molar-refractivity contribution in [1.29, 1.82) is 0 Å². The van der Waals surface area contributed by atoms with Crippen molar-refractivity contribution in [3.05, 3.63) is 76.4 Å². The first kappa shape index (κ1) is 19.3. The minimum atomic E-state index is -0.484. The lowest BCUT2D eigenvalue weighted by molar-refractivity contribution is 0.0600. The van der Waals surface area contributed by atoms with E-state index in [1.807, 2.05) is 19.1 Å². The lowest BCUT2D eigenvalue weighted by atomic mass is 10.2. The van der Waals surface area contributed by atoms with Gasteiger partial charge in [0.1, 0.15) is 0 Å². The number of benzene rings is 2. The van der Waals surface area contributed by atoms with Gasteiger partial charge in [-0.2, -0.15) is 0 Å². The smallest absolute Gasteiger partial charge is 0.337 e. The second kappa shape index (κ2) is 8.49. The first-order valence-corrected chi connectivity index (χ1v) is 8.70. The highest BCUT2D eigenvalue weighted by atomic mass is 35.5. The summed E-state index contributed by atoms with van der Waals surface area (Å²) >= 11 is 6.11. The maximum Gasteiger partial charge on any atom is 0.337 e. The van der Waals surface area contributed by atoms with E-state index >= 15 is 0 Å².